The molecule has 0 unspecified atom stereocenters. The number of carboxylic acid groups (broad SMARTS) is 1. The van der Waals surface area contributed by atoms with Gasteiger partial charge in [-0.25, -0.2) is 4.79 Å². The van der Waals surface area contributed by atoms with Crippen molar-refractivity contribution in [1.82, 2.24) is 19.7 Å². The van der Waals surface area contributed by atoms with Crippen molar-refractivity contribution in [3.8, 4) is 0 Å². The first-order valence-electron chi connectivity index (χ1n) is 5.82. The number of aromatic nitrogens is 3. The highest BCUT2D eigenvalue weighted by Crippen LogP contribution is 2.26. The Hall–Kier alpha value is -2.63. The molecule has 96 valence electrons. The molecule has 0 bridgehead atoms. The van der Waals surface area contributed by atoms with E-state index in [1.807, 2.05) is 31.2 Å². The molecule has 0 radical (unpaired) electrons. The maximum absolute atomic E-state index is 11.1. The molecule has 19 heavy (non-hydrogen) atoms. The van der Waals surface area contributed by atoms with Crippen LogP contribution in [0.5, 0.6) is 0 Å². The zero-order valence-corrected chi connectivity index (χ0v) is 10.3. The Kier molecular flexibility index (Phi) is 2.56. The van der Waals surface area contributed by atoms with E-state index in [9.17, 15) is 4.79 Å². The molecule has 0 saturated carbocycles. The Labute approximate surface area is 109 Å². The van der Waals surface area contributed by atoms with Crippen LogP contribution in [-0.2, 0) is 6.67 Å². The summed E-state index contributed by atoms with van der Waals surface area (Å²) in [6.45, 7) is 2.22. The predicted octanol–water partition coefficient (Wildman–Crippen LogP) is 1.93. The van der Waals surface area contributed by atoms with Gasteiger partial charge in [-0.05, 0) is 12.5 Å². The van der Waals surface area contributed by atoms with Gasteiger partial charge < -0.3 is 5.11 Å². The van der Waals surface area contributed by atoms with Crippen molar-refractivity contribution in [2.24, 2.45) is 0 Å². The number of hydrogen-bond donors (Lipinski definition) is 1. The lowest BCUT2D eigenvalue weighted by molar-refractivity contribution is 0.151. The summed E-state index contributed by atoms with van der Waals surface area (Å²) in [5.74, 6) is 0.682. The molecule has 0 atom stereocenters. The fraction of sp³-hybridized carbons (Fsp3) is 0.154. The number of fused-ring (bicyclic) bond motifs is 1. The van der Waals surface area contributed by atoms with Crippen LogP contribution in [0.4, 0.5) is 4.79 Å². The first-order valence-corrected chi connectivity index (χ1v) is 5.82. The first-order chi connectivity index (χ1) is 9.15. The molecule has 1 amide bonds. The van der Waals surface area contributed by atoms with Crippen LogP contribution in [-0.4, -0.2) is 30.9 Å². The van der Waals surface area contributed by atoms with Crippen molar-refractivity contribution in [2.75, 3.05) is 0 Å². The maximum Gasteiger partial charge on any atom is 0.412 e. The Morgan fingerprint density at radius 2 is 2.05 bits per heavy atom. The third-order valence-electron chi connectivity index (χ3n) is 3.05. The van der Waals surface area contributed by atoms with E-state index in [1.165, 1.54) is 11.2 Å². The second kappa shape index (κ2) is 4.24. The van der Waals surface area contributed by atoms with Crippen molar-refractivity contribution in [2.45, 2.75) is 13.6 Å². The molecule has 2 aromatic rings. The lowest BCUT2D eigenvalue weighted by Gasteiger charge is -2.23. The summed E-state index contributed by atoms with van der Waals surface area (Å²) in [6, 6.07) is 7.87. The fourth-order valence-corrected chi connectivity index (χ4v) is 2.04. The number of carbonyl (C=O) groups is 1. The van der Waals surface area contributed by atoms with Gasteiger partial charge in [-0.2, -0.15) is 0 Å². The highest BCUT2D eigenvalue weighted by atomic mass is 16.4. The average Bonchev–Trinajstić information content (AvgIpc) is 2.86. The minimum absolute atomic E-state index is 0.215. The number of benzene rings is 1. The summed E-state index contributed by atoms with van der Waals surface area (Å²) in [5.41, 5.74) is 2.83. The number of rotatable bonds is 1. The van der Waals surface area contributed by atoms with Crippen molar-refractivity contribution < 1.29 is 9.90 Å². The molecule has 1 N–H and O–H groups in total. The predicted molar refractivity (Wildman–Crippen MR) is 68.1 cm³/mol. The molecular formula is C13H12N4O2. The molecule has 3 rings (SSSR count). The SMILES string of the molecule is Cc1ccc(C2=CN(C(=O)O)Cn3cnnc32)cc1. The van der Waals surface area contributed by atoms with Crippen LogP contribution in [0.15, 0.2) is 36.8 Å². The highest BCUT2D eigenvalue weighted by Gasteiger charge is 2.23. The standard InChI is InChI=1S/C13H12N4O2/c1-9-2-4-10(5-3-9)11-6-16(13(18)19)8-17-7-14-15-12(11)17/h2-7H,8H2,1H3,(H,18,19). The van der Waals surface area contributed by atoms with Gasteiger partial charge in [-0.3, -0.25) is 9.47 Å². The van der Waals surface area contributed by atoms with Gasteiger partial charge in [0.25, 0.3) is 0 Å². The van der Waals surface area contributed by atoms with Gasteiger partial charge in [0, 0.05) is 11.8 Å². The van der Waals surface area contributed by atoms with Gasteiger partial charge in [0.15, 0.2) is 5.82 Å². The zero-order valence-electron chi connectivity index (χ0n) is 10.3. The van der Waals surface area contributed by atoms with E-state index < -0.39 is 6.09 Å². The molecule has 0 fully saturated rings. The van der Waals surface area contributed by atoms with E-state index in [0.29, 0.717) is 5.82 Å². The second-order valence-electron chi connectivity index (χ2n) is 4.43. The van der Waals surface area contributed by atoms with Gasteiger partial charge in [-0.1, -0.05) is 29.8 Å². The van der Waals surface area contributed by atoms with Gasteiger partial charge in [0.1, 0.15) is 13.0 Å². The van der Waals surface area contributed by atoms with Gasteiger partial charge in [0.2, 0.25) is 0 Å². The number of amides is 1. The van der Waals surface area contributed by atoms with Crippen LogP contribution in [0.1, 0.15) is 17.0 Å². The average molecular weight is 256 g/mol. The lowest BCUT2D eigenvalue weighted by Crippen LogP contribution is -2.30. The number of nitrogens with zero attached hydrogens (tertiary/aromatic N) is 4. The second-order valence-corrected chi connectivity index (χ2v) is 4.43. The summed E-state index contributed by atoms with van der Waals surface area (Å²) >= 11 is 0. The van der Waals surface area contributed by atoms with Crippen molar-refractivity contribution in [1.29, 1.82) is 0 Å². The van der Waals surface area contributed by atoms with E-state index in [4.69, 9.17) is 5.11 Å². The van der Waals surface area contributed by atoms with Crippen LogP contribution in [0.3, 0.4) is 0 Å². The third kappa shape index (κ3) is 1.97. The Balaban J connectivity index is 2.11. The molecule has 6 heteroatoms. The molecule has 0 aliphatic carbocycles. The van der Waals surface area contributed by atoms with Crippen LogP contribution < -0.4 is 0 Å². The molecule has 2 heterocycles. The lowest BCUT2D eigenvalue weighted by atomic mass is 10.0. The van der Waals surface area contributed by atoms with Crippen LogP contribution in [0, 0.1) is 6.92 Å². The van der Waals surface area contributed by atoms with E-state index in [1.54, 1.807) is 10.8 Å². The fourth-order valence-electron chi connectivity index (χ4n) is 2.04. The van der Waals surface area contributed by atoms with Crippen LogP contribution >= 0.6 is 0 Å². The first kappa shape index (κ1) is 11.5. The largest absolute Gasteiger partial charge is 0.465 e. The normalized spacial score (nSPS) is 13.9. The van der Waals surface area contributed by atoms with E-state index >= 15 is 0 Å². The molecule has 1 aliphatic rings. The summed E-state index contributed by atoms with van der Waals surface area (Å²) in [7, 11) is 0. The number of aryl methyl sites for hydroxylation is 1. The maximum atomic E-state index is 11.1. The highest BCUT2D eigenvalue weighted by molar-refractivity contribution is 5.80. The monoisotopic (exact) mass is 256 g/mol. The Morgan fingerprint density at radius 1 is 1.32 bits per heavy atom. The molecule has 1 aromatic heterocycles. The summed E-state index contributed by atoms with van der Waals surface area (Å²) in [5, 5.41) is 17.0. The molecule has 1 aliphatic heterocycles. The van der Waals surface area contributed by atoms with Crippen molar-refractivity contribution >= 4 is 11.7 Å². The molecule has 1 aromatic carbocycles. The summed E-state index contributed by atoms with van der Waals surface area (Å²) < 4.78 is 1.71. The molecule has 6 nitrogen and oxygen atoms in total. The van der Waals surface area contributed by atoms with Gasteiger partial charge in [-0.15, -0.1) is 10.2 Å². The zero-order chi connectivity index (χ0) is 13.4. The molecular weight excluding hydrogens is 244 g/mol. The molecule has 0 saturated heterocycles. The van der Waals surface area contributed by atoms with E-state index in [-0.39, 0.29) is 6.67 Å². The van der Waals surface area contributed by atoms with Crippen molar-refractivity contribution in [3.63, 3.8) is 0 Å². The van der Waals surface area contributed by atoms with Gasteiger partial charge in [0.05, 0.1) is 0 Å². The van der Waals surface area contributed by atoms with Gasteiger partial charge >= 0.3 is 6.09 Å². The minimum Gasteiger partial charge on any atom is -0.465 e. The quantitative estimate of drug-likeness (QED) is 0.846. The van der Waals surface area contributed by atoms with E-state index in [0.717, 1.165) is 16.7 Å². The van der Waals surface area contributed by atoms with Crippen molar-refractivity contribution in [3.05, 3.63) is 53.7 Å². The summed E-state index contributed by atoms with van der Waals surface area (Å²) in [6.07, 6.45) is 2.13. The topological polar surface area (TPSA) is 71.2 Å². The Bertz CT molecular complexity index is 658. The van der Waals surface area contributed by atoms with Crippen LogP contribution in [0.2, 0.25) is 0 Å². The van der Waals surface area contributed by atoms with E-state index in [2.05, 4.69) is 10.2 Å². The smallest absolute Gasteiger partial charge is 0.412 e. The third-order valence-corrected chi connectivity index (χ3v) is 3.05. The molecule has 0 spiro atoms. The van der Waals surface area contributed by atoms with Crippen LogP contribution in [0.25, 0.3) is 5.57 Å². The number of hydrogen-bond acceptors (Lipinski definition) is 3. The summed E-state index contributed by atoms with van der Waals surface area (Å²) in [4.78, 5) is 12.4. The minimum atomic E-state index is -0.996. The Morgan fingerprint density at radius 3 is 2.74 bits per heavy atom.